The van der Waals surface area contributed by atoms with Crippen LogP contribution in [0.1, 0.15) is 41.5 Å². The van der Waals surface area contributed by atoms with Gasteiger partial charge in [0.05, 0.1) is 11.1 Å². The van der Waals surface area contributed by atoms with Crippen LogP contribution in [0.25, 0.3) is 0 Å². The topological polar surface area (TPSA) is 87.6 Å². The van der Waals surface area contributed by atoms with Crippen molar-refractivity contribution in [2.45, 2.75) is 26.8 Å². The maximum atomic E-state index is 12.2. The highest BCUT2D eigenvalue weighted by Crippen LogP contribution is 2.31. The molecule has 2 amide bonds. The lowest BCUT2D eigenvalue weighted by atomic mass is 9.85. The van der Waals surface area contributed by atoms with Crippen LogP contribution in [0, 0.1) is 5.41 Å². The second-order valence-corrected chi connectivity index (χ2v) is 5.51. The van der Waals surface area contributed by atoms with Gasteiger partial charge in [-0.2, -0.15) is 0 Å². The first kappa shape index (κ1) is 13.2. The molecule has 2 rings (SSSR count). The van der Waals surface area contributed by atoms with E-state index in [1.807, 2.05) is 0 Å². The number of amides is 2. The summed E-state index contributed by atoms with van der Waals surface area (Å²) in [5.41, 5.74) is -0.398. The van der Waals surface area contributed by atoms with E-state index < -0.39 is 29.2 Å². The first-order chi connectivity index (χ1) is 8.75. The Morgan fingerprint density at radius 1 is 1.26 bits per heavy atom. The molecule has 0 fully saturated rings. The Balaban J connectivity index is 2.52. The second-order valence-electron chi connectivity index (χ2n) is 5.51. The van der Waals surface area contributed by atoms with Crippen LogP contribution in [0.3, 0.4) is 0 Å². The van der Waals surface area contributed by atoms with Gasteiger partial charge in [0.1, 0.15) is 6.04 Å². The number of fused-ring (bicyclic) bond motifs is 1. The predicted molar refractivity (Wildman–Crippen MR) is 65.6 cm³/mol. The predicted octanol–water partition coefficient (Wildman–Crippen LogP) is 1.18. The van der Waals surface area contributed by atoms with Crippen molar-refractivity contribution in [3.63, 3.8) is 0 Å². The Bertz CT molecular complexity index is 539. The van der Waals surface area contributed by atoms with Crippen molar-refractivity contribution in [1.29, 1.82) is 0 Å². The molecule has 1 aliphatic rings. The zero-order valence-electron chi connectivity index (χ0n) is 10.9. The molecule has 1 N–H and O–H groups in total. The number of hydrogen-bond donors (Lipinski definition) is 1. The molecule has 0 aromatic carbocycles. The molecule has 1 aliphatic heterocycles. The zero-order valence-corrected chi connectivity index (χ0v) is 10.9. The maximum absolute atomic E-state index is 12.2. The summed E-state index contributed by atoms with van der Waals surface area (Å²) in [6, 6.07) is 0.219. The molecule has 1 aromatic heterocycles. The Labute approximate surface area is 110 Å². The number of nitrogens with zero attached hydrogens (tertiary/aromatic N) is 2. The normalized spacial score (nSPS) is 16.5. The second kappa shape index (κ2) is 4.15. The molecule has 19 heavy (non-hydrogen) atoms. The molecule has 0 saturated carbocycles. The molecule has 1 aromatic rings. The molecule has 0 spiro atoms. The highest BCUT2D eigenvalue weighted by atomic mass is 16.4. The summed E-state index contributed by atoms with van der Waals surface area (Å²) in [5, 5.41) is 9.32. The van der Waals surface area contributed by atoms with Gasteiger partial charge in [0.2, 0.25) is 0 Å². The highest BCUT2D eigenvalue weighted by molar-refractivity contribution is 6.22. The third-order valence-electron chi connectivity index (χ3n) is 3.03. The van der Waals surface area contributed by atoms with Crippen LogP contribution >= 0.6 is 0 Å². The summed E-state index contributed by atoms with van der Waals surface area (Å²) < 4.78 is 0. The van der Waals surface area contributed by atoms with Gasteiger partial charge in [-0.25, -0.2) is 4.79 Å². The van der Waals surface area contributed by atoms with Crippen LogP contribution in [-0.4, -0.2) is 38.8 Å². The smallest absolute Gasteiger partial charge is 0.327 e. The van der Waals surface area contributed by atoms with Gasteiger partial charge >= 0.3 is 5.97 Å². The summed E-state index contributed by atoms with van der Waals surface area (Å²) in [4.78, 5) is 40.4. The number of aromatic nitrogens is 1. The standard InChI is InChI=1S/C13H14N2O4/c1-13(2,3)9(12(18)19)15-10(16)7-4-5-14-6-8(7)11(15)17/h4-6,9H,1-3H3,(H,18,19). The fraction of sp³-hybridized carbons (Fsp3) is 0.385. The van der Waals surface area contributed by atoms with Crippen LogP contribution in [0.2, 0.25) is 0 Å². The fourth-order valence-electron chi connectivity index (χ4n) is 2.21. The third kappa shape index (κ3) is 1.99. The molecule has 1 unspecified atom stereocenters. The van der Waals surface area contributed by atoms with E-state index in [0.29, 0.717) is 0 Å². The van der Waals surface area contributed by atoms with Crippen molar-refractivity contribution in [3.8, 4) is 0 Å². The minimum Gasteiger partial charge on any atom is -0.480 e. The van der Waals surface area contributed by atoms with Crippen LogP contribution in [0.4, 0.5) is 0 Å². The summed E-state index contributed by atoms with van der Waals surface area (Å²) in [5.74, 6) is -2.38. The van der Waals surface area contributed by atoms with E-state index in [0.717, 1.165) is 4.90 Å². The number of imide groups is 1. The van der Waals surface area contributed by atoms with Crippen molar-refractivity contribution < 1.29 is 19.5 Å². The van der Waals surface area contributed by atoms with Gasteiger partial charge in [0, 0.05) is 12.4 Å². The zero-order chi connectivity index (χ0) is 14.4. The van der Waals surface area contributed by atoms with Gasteiger partial charge in [-0.1, -0.05) is 20.8 Å². The number of carboxylic acids is 1. The van der Waals surface area contributed by atoms with E-state index >= 15 is 0 Å². The van der Waals surface area contributed by atoms with Crippen molar-refractivity contribution in [2.75, 3.05) is 0 Å². The van der Waals surface area contributed by atoms with Crippen molar-refractivity contribution in [2.24, 2.45) is 5.41 Å². The molecule has 0 bridgehead atoms. The first-order valence-electron chi connectivity index (χ1n) is 5.80. The lowest BCUT2D eigenvalue weighted by Gasteiger charge is -2.33. The quantitative estimate of drug-likeness (QED) is 0.808. The van der Waals surface area contributed by atoms with Crippen molar-refractivity contribution in [1.82, 2.24) is 9.88 Å². The Kier molecular flexibility index (Phi) is 2.88. The average molecular weight is 262 g/mol. The van der Waals surface area contributed by atoms with Gasteiger partial charge in [-0.3, -0.25) is 19.5 Å². The number of carbonyl (C=O) groups excluding carboxylic acids is 2. The minimum atomic E-state index is -1.21. The lowest BCUT2D eigenvalue weighted by molar-refractivity contribution is -0.145. The van der Waals surface area contributed by atoms with E-state index in [1.54, 1.807) is 20.8 Å². The van der Waals surface area contributed by atoms with Crippen LogP contribution in [-0.2, 0) is 4.79 Å². The fourth-order valence-corrected chi connectivity index (χ4v) is 2.21. The van der Waals surface area contributed by atoms with E-state index in [4.69, 9.17) is 0 Å². The third-order valence-corrected chi connectivity index (χ3v) is 3.03. The molecule has 0 aliphatic carbocycles. The van der Waals surface area contributed by atoms with E-state index in [9.17, 15) is 19.5 Å². The molecule has 1 atom stereocenters. The van der Waals surface area contributed by atoms with Crippen LogP contribution in [0.15, 0.2) is 18.5 Å². The number of aliphatic carboxylic acids is 1. The molecule has 2 heterocycles. The monoisotopic (exact) mass is 262 g/mol. The summed E-state index contributed by atoms with van der Waals surface area (Å²) in [7, 11) is 0. The van der Waals surface area contributed by atoms with Gasteiger partial charge in [0.25, 0.3) is 11.8 Å². The van der Waals surface area contributed by atoms with Gasteiger partial charge in [0.15, 0.2) is 0 Å². The number of pyridine rings is 1. The largest absolute Gasteiger partial charge is 0.480 e. The van der Waals surface area contributed by atoms with E-state index in [-0.39, 0.29) is 11.1 Å². The van der Waals surface area contributed by atoms with Gasteiger partial charge < -0.3 is 5.11 Å². The molecule has 100 valence electrons. The minimum absolute atomic E-state index is 0.156. The average Bonchev–Trinajstić information content (AvgIpc) is 2.53. The Hall–Kier alpha value is -2.24. The maximum Gasteiger partial charge on any atom is 0.327 e. The number of carbonyl (C=O) groups is 3. The molecular weight excluding hydrogens is 248 g/mol. The Morgan fingerprint density at radius 2 is 1.84 bits per heavy atom. The van der Waals surface area contributed by atoms with Crippen LogP contribution in [0.5, 0.6) is 0 Å². The van der Waals surface area contributed by atoms with Crippen molar-refractivity contribution in [3.05, 3.63) is 29.6 Å². The molecular formula is C13H14N2O4. The van der Waals surface area contributed by atoms with Gasteiger partial charge in [-0.15, -0.1) is 0 Å². The molecule has 6 heteroatoms. The summed E-state index contributed by atoms with van der Waals surface area (Å²) in [6.07, 6.45) is 2.69. The van der Waals surface area contributed by atoms with Gasteiger partial charge in [-0.05, 0) is 11.5 Å². The summed E-state index contributed by atoms with van der Waals surface area (Å²) >= 11 is 0. The molecule has 6 nitrogen and oxygen atoms in total. The Morgan fingerprint density at radius 3 is 2.32 bits per heavy atom. The molecule has 0 radical (unpaired) electrons. The lowest BCUT2D eigenvalue weighted by Crippen LogP contribution is -2.51. The van der Waals surface area contributed by atoms with Crippen LogP contribution < -0.4 is 0 Å². The number of hydrogen-bond acceptors (Lipinski definition) is 4. The summed E-state index contributed by atoms with van der Waals surface area (Å²) in [6.45, 7) is 5.02. The number of carboxylic acid groups (broad SMARTS) is 1. The van der Waals surface area contributed by atoms with Crippen molar-refractivity contribution >= 4 is 17.8 Å². The number of rotatable bonds is 2. The van der Waals surface area contributed by atoms with E-state index in [1.165, 1.54) is 18.5 Å². The van der Waals surface area contributed by atoms with E-state index in [2.05, 4.69) is 4.98 Å². The molecule has 0 saturated heterocycles. The highest BCUT2D eigenvalue weighted by Gasteiger charge is 2.47. The first-order valence-corrected chi connectivity index (χ1v) is 5.80. The SMILES string of the molecule is CC(C)(C)C(C(=O)O)N1C(=O)c2ccncc2C1=O.